The predicted octanol–water partition coefficient (Wildman–Crippen LogP) is 3.40. The van der Waals surface area contributed by atoms with Crippen molar-refractivity contribution in [2.75, 3.05) is 13.2 Å². The number of Topliss-reactive ketones (excluding diaryl/α,β-unsaturated/α-hetero) is 1. The third-order valence-electron chi connectivity index (χ3n) is 3.74. The first-order valence-electron chi connectivity index (χ1n) is 8.47. The number of benzene rings is 1. The van der Waals surface area contributed by atoms with E-state index < -0.39 is 0 Å². The Bertz CT molecular complexity index is 693. The molecule has 0 unspecified atom stereocenters. The molecule has 0 aliphatic carbocycles. The monoisotopic (exact) mass is 341 g/mol. The van der Waals surface area contributed by atoms with Crippen LogP contribution in [-0.2, 0) is 22.4 Å². The summed E-state index contributed by atoms with van der Waals surface area (Å²) in [4.78, 5) is 27.6. The zero-order valence-electron chi connectivity index (χ0n) is 14.7. The summed E-state index contributed by atoms with van der Waals surface area (Å²) in [6, 6.07) is 11.0. The van der Waals surface area contributed by atoms with E-state index >= 15 is 0 Å². The van der Waals surface area contributed by atoms with Crippen LogP contribution in [0.5, 0.6) is 5.75 Å². The van der Waals surface area contributed by atoms with Crippen LogP contribution in [0.4, 0.5) is 0 Å². The maximum absolute atomic E-state index is 12.1. The van der Waals surface area contributed by atoms with E-state index in [-0.39, 0.29) is 18.4 Å². The van der Waals surface area contributed by atoms with E-state index in [4.69, 9.17) is 9.47 Å². The summed E-state index contributed by atoms with van der Waals surface area (Å²) in [5.41, 5.74) is 2.52. The number of ether oxygens (including phenoxy) is 2. The molecule has 132 valence electrons. The maximum atomic E-state index is 12.1. The van der Waals surface area contributed by atoms with Gasteiger partial charge in [-0.25, -0.2) is 0 Å². The molecule has 2 aromatic rings. The van der Waals surface area contributed by atoms with Gasteiger partial charge in [-0.3, -0.25) is 14.6 Å². The van der Waals surface area contributed by atoms with Crippen molar-refractivity contribution >= 4 is 11.8 Å². The van der Waals surface area contributed by atoms with Gasteiger partial charge in [0.15, 0.2) is 6.61 Å². The van der Waals surface area contributed by atoms with Crippen LogP contribution in [0.3, 0.4) is 0 Å². The average molecular weight is 341 g/mol. The lowest BCUT2D eigenvalue weighted by Gasteiger charge is -2.07. The molecule has 0 radical (unpaired) electrons. The number of aryl methyl sites for hydroxylation is 2. The number of pyridine rings is 1. The van der Waals surface area contributed by atoms with Crippen molar-refractivity contribution in [2.45, 2.75) is 33.1 Å². The number of hydrogen-bond acceptors (Lipinski definition) is 5. The summed E-state index contributed by atoms with van der Waals surface area (Å²) in [6.07, 6.45) is 3.57. The molecule has 0 atom stereocenters. The van der Waals surface area contributed by atoms with Crippen molar-refractivity contribution in [1.82, 2.24) is 4.98 Å². The first-order valence-corrected chi connectivity index (χ1v) is 8.47. The zero-order valence-corrected chi connectivity index (χ0v) is 14.7. The Hall–Kier alpha value is -2.69. The quantitative estimate of drug-likeness (QED) is 0.516. The van der Waals surface area contributed by atoms with Gasteiger partial charge < -0.3 is 9.47 Å². The van der Waals surface area contributed by atoms with E-state index in [1.807, 2.05) is 25.1 Å². The highest BCUT2D eigenvalue weighted by atomic mass is 16.5. The van der Waals surface area contributed by atoms with Gasteiger partial charge in [0.1, 0.15) is 11.4 Å². The topological polar surface area (TPSA) is 65.5 Å². The first kappa shape index (κ1) is 18.6. The molecule has 25 heavy (non-hydrogen) atoms. The molecule has 1 aromatic carbocycles. The normalized spacial score (nSPS) is 10.3. The number of ketones is 1. The van der Waals surface area contributed by atoms with Crippen molar-refractivity contribution < 1.29 is 19.1 Å². The molecule has 1 aromatic heterocycles. The Morgan fingerprint density at radius 2 is 1.72 bits per heavy atom. The Balaban J connectivity index is 1.82. The summed E-state index contributed by atoms with van der Waals surface area (Å²) in [5, 5.41) is 0. The fraction of sp³-hybridized carbons (Fsp3) is 0.350. The van der Waals surface area contributed by atoms with Crippen LogP contribution >= 0.6 is 0 Å². The zero-order chi connectivity index (χ0) is 18.1. The van der Waals surface area contributed by atoms with Gasteiger partial charge in [-0.1, -0.05) is 25.1 Å². The van der Waals surface area contributed by atoms with Gasteiger partial charge in [0.05, 0.1) is 6.61 Å². The van der Waals surface area contributed by atoms with Crippen molar-refractivity contribution in [3.8, 4) is 5.75 Å². The average Bonchev–Trinajstić information content (AvgIpc) is 2.65. The maximum Gasteiger partial charge on any atom is 0.306 e. The molecular formula is C20H23NO4. The van der Waals surface area contributed by atoms with Crippen LogP contribution in [-0.4, -0.2) is 30.0 Å². The second-order valence-corrected chi connectivity index (χ2v) is 5.57. The van der Waals surface area contributed by atoms with Crippen molar-refractivity contribution in [3.63, 3.8) is 0 Å². The van der Waals surface area contributed by atoms with E-state index in [0.717, 1.165) is 17.5 Å². The van der Waals surface area contributed by atoms with E-state index in [1.165, 1.54) is 0 Å². The molecule has 0 spiro atoms. The van der Waals surface area contributed by atoms with Crippen LogP contribution in [0.2, 0.25) is 0 Å². The van der Waals surface area contributed by atoms with Gasteiger partial charge in [0.2, 0.25) is 5.78 Å². The molecule has 5 heteroatoms. The Labute approximate surface area is 148 Å². The molecule has 5 nitrogen and oxygen atoms in total. The minimum absolute atomic E-state index is 0.0549. The highest BCUT2D eigenvalue weighted by molar-refractivity contribution is 5.95. The Morgan fingerprint density at radius 3 is 2.32 bits per heavy atom. The van der Waals surface area contributed by atoms with Crippen molar-refractivity contribution in [3.05, 3.63) is 59.4 Å². The molecule has 0 N–H and O–H groups in total. The summed E-state index contributed by atoms with van der Waals surface area (Å²) >= 11 is 0. The lowest BCUT2D eigenvalue weighted by molar-refractivity contribution is -0.143. The highest BCUT2D eigenvalue weighted by Gasteiger charge is 2.09. The van der Waals surface area contributed by atoms with Gasteiger partial charge in [0, 0.05) is 12.6 Å². The molecule has 2 rings (SSSR count). The Morgan fingerprint density at radius 1 is 1.00 bits per heavy atom. The molecule has 0 bridgehead atoms. The number of nitrogens with zero attached hydrogens (tertiary/aromatic N) is 1. The number of carbonyl (C=O) groups is 2. The fourth-order valence-electron chi connectivity index (χ4n) is 2.25. The minimum Gasteiger partial charge on any atom is -0.485 e. The summed E-state index contributed by atoms with van der Waals surface area (Å²) in [5.74, 6) is 0.252. The third kappa shape index (κ3) is 6.03. The van der Waals surface area contributed by atoms with Gasteiger partial charge in [-0.05, 0) is 49.1 Å². The van der Waals surface area contributed by atoms with E-state index in [9.17, 15) is 9.59 Å². The number of carbonyl (C=O) groups excluding carboxylic acids is 2. The van der Waals surface area contributed by atoms with Crippen molar-refractivity contribution in [2.24, 2.45) is 0 Å². The number of esters is 1. The van der Waals surface area contributed by atoms with Crippen LogP contribution in [0.25, 0.3) is 0 Å². The van der Waals surface area contributed by atoms with E-state index in [1.54, 1.807) is 31.3 Å². The van der Waals surface area contributed by atoms with Crippen LogP contribution < -0.4 is 4.74 Å². The second kappa shape index (κ2) is 9.57. The van der Waals surface area contributed by atoms with Gasteiger partial charge in [0.25, 0.3) is 0 Å². The molecule has 0 fully saturated rings. The summed E-state index contributed by atoms with van der Waals surface area (Å²) in [6.45, 7) is 4.17. The SMILES string of the molecule is CCOC(=O)CCc1ccc(OCC(=O)c2ccc(CC)cn2)cc1. The first-order chi connectivity index (χ1) is 12.1. The molecule has 0 saturated carbocycles. The smallest absolute Gasteiger partial charge is 0.306 e. The molecule has 0 saturated heterocycles. The van der Waals surface area contributed by atoms with E-state index in [0.29, 0.717) is 30.9 Å². The number of hydrogen-bond donors (Lipinski definition) is 0. The highest BCUT2D eigenvalue weighted by Crippen LogP contribution is 2.14. The largest absolute Gasteiger partial charge is 0.485 e. The van der Waals surface area contributed by atoms with E-state index in [2.05, 4.69) is 4.98 Å². The number of aromatic nitrogens is 1. The Kier molecular flexibility index (Phi) is 7.14. The summed E-state index contributed by atoms with van der Waals surface area (Å²) < 4.78 is 10.4. The molecule has 1 heterocycles. The molecule has 0 amide bonds. The van der Waals surface area contributed by atoms with Crippen LogP contribution in [0.1, 0.15) is 41.9 Å². The fourth-order valence-corrected chi connectivity index (χ4v) is 2.25. The molecule has 0 aliphatic heterocycles. The minimum atomic E-state index is -0.199. The second-order valence-electron chi connectivity index (χ2n) is 5.57. The van der Waals surface area contributed by atoms with Crippen molar-refractivity contribution in [1.29, 1.82) is 0 Å². The van der Waals surface area contributed by atoms with Gasteiger partial charge in [-0.15, -0.1) is 0 Å². The molecule has 0 aliphatic rings. The standard InChI is InChI=1S/C20H23NO4/c1-3-15-7-11-18(21-13-15)19(22)14-25-17-9-5-16(6-10-17)8-12-20(23)24-4-2/h5-7,9-11,13H,3-4,8,12,14H2,1-2H3. The lowest BCUT2D eigenvalue weighted by Crippen LogP contribution is -2.13. The van der Waals surface area contributed by atoms with Gasteiger partial charge >= 0.3 is 5.97 Å². The predicted molar refractivity (Wildman–Crippen MR) is 94.8 cm³/mol. The van der Waals surface area contributed by atoms with Crippen LogP contribution in [0, 0.1) is 0 Å². The van der Waals surface area contributed by atoms with Crippen LogP contribution in [0.15, 0.2) is 42.6 Å². The third-order valence-corrected chi connectivity index (χ3v) is 3.74. The molecular weight excluding hydrogens is 318 g/mol. The summed E-state index contributed by atoms with van der Waals surface area (Å²) in [7, 11) is 0. The number of rotatable bonds is 9. The lowest BCUT2D eigenvalue weighted by atomic mass is 10.1. The van der Waals surface area contributed by atoms with Gasteiger partial charge in [-0.2, -0.15) is 0 Å².